The van der Waals surface area contributed by atoms with Crippen molar-refractivity contribution in [3.05, 3.63) is 23.8 Å². The summed E-state index contributed by atoms with van der Waals surface area (Å²) in [4.78, 5) is 11.2. The van der Waals surface area contributed by atoms with Gasteiger partial charge in [-0.15, -0.1) is 0 Å². The molecule has 0 radical (unpaired) electrons. The van der Waals surface area contributed by atoms with Gasteiger partial charge in [-0.1, -0.05) is 19.9 Å². The smallest absolute Gasteiger partial charge is 0.311 e. The monoisotopic (exact) mass is 222 g/mol. The maximum absolute atomic E-state index is 11.2. The van der Waals surface area contributed by atoms with Crippen LogP contribution in [0.2, 0.25) is 0 Å². The number of carbonyl (C=O) groups is 1. The Kier molecular flexibility index (Phi) is 4.83. The van der Waals surface area contributed by atoms with Crippen LogP contribution in [0.4, 0.5) is 0 Å². The highest BCUT2D eigenvalue weighted by Gasteiger charge is 2.09. The van der Waals surface area contributed by atoms with Gasteiger partial charge in [0.1, 0.15) is 0 Å². The molecule has 0 aromatic heterocycles. The van der Waals surface area contributed by atoms with Crippen LogP contribution in [0.15, 0.2) is 18.2 Å². The van der Waals surface area contributed by atoms with Gasteiger partial charge in [0.25, 0.3) is 0 Å². The van der Waals surface area contributed by atoms with Crippen molar-refractivity contribution in [3.8, 4) is 11.5 Å². The van der Waals surface area contributed by atoms with Gasteiger partial charge >= 0.3 is 5.97 Å². The molecule has 0 bridgehead atoms. The van der Waals surface area contributed by atoms with E-state index in [1.807, 2.05) is 19.1 Å². The molecule has 1 rings (SSSR count). The Bertz CT molecular complexity index is 358. The molecule has 0 saturated heterocycles. The maximum atomic E-state index is 11.2. The van der Waals surface area contributed by atoms with E-state index < -0.39 is 0 Å². The van der Waals surface area contributed by atoms with Crippen molar-refractivity contribution in [3.63, 3.8) is 0 Å². The number of hydrogen-bond acceptors (Lipinski definition) is 3. The number of aryl methyl sites for hydroxylation is 1. The van der Waals surface area contributed by atoms with Crippen molar-refractivity contribution >= 4 is 5.97 Å². The summed E-state index contributed by atoms with van der Waals surface area (Å²) in [5.41, 5.74) is 1.17. The maximum Gasteiger partial charge on any atom is 0.311 e. The Morgan fingerprint density at radius 1 is 1.19 bits per heavy atom. The van der Waals surface area contributed by atoms with Gasteiger partial charge in [0.15, 0.2) is 11.5 Å². The molecule has 0 amide bonds. The second-order valence-electron chi connectivity index (χ2n) is 3.40. The highest BCUT2D eigenvalue weighted by molar-refractivity contribution is 5.72. The molecule has 0 aliphatic heterocycles. The van der Waals surface area contributed by atoms with Gasteiger partial charge < -0.3 is 9.47 Å². The van der Waals surface area contributed by atoms with E-state index >= 15 is 0 Å². The van der Waals surface area contributed by atoms with Crippen LogP contribution in [0.25, 0.3) is 0 Å². The van der Waals surface area contributed by atoms with Gasteiger partial charge in [0.05, 0.1) is 6.61 Å². The van der Waals surface area contributed by atoms with Crippen LogP contribution in [0.1, 0.15) is 32.8 Å². The van der Waals surface area contributed by atoms with Crippen molar-refractivity contribution in [2.75, 3.05) is 6.61 Å². The molecule has 88 valence electrons. The lowest BCUT2D eigenvalue weighted by Crippen LogP contribution is -2.07. The minimum absolute atomic E-state index is 0.245. The van der Waals surface area contributed by atoms with Gasteiger partial charge in [-0.3, -0.25) is 4.79 Å². The van der Waals surface area contributed by atoms with Crippen LogP contribution < -0.4 is 9.47 Å². The molecule has 1 aromatic rings. The Balaban J connectivity index is 2.93. The summed E-state index contributed by atoms with van der Waals surface area (Å²) >= 11 is 0. The fourth-order valence-corrected chi connectivity index (χ4v) is 1.32. The molecule has 0 spiro atoms. The number of benzene rings is 1. The van der Waals surface area contributed by atoms with E-state index in [0.29, 0.717) is 24.5 Å². The van der Waals surface area contributed by atoms with Crippen LogP contribution in [0, 0.1) is 0 Å². The van der Waals surface area contributed by atoms with Crippen LogP contribution in [-0.2, 0) is 11.2 Å². The summed E-state index contributed by atoms with van der Waals surface area (Å²) in [6, 6.07) is 5.65. The summed E-state index contributed by atoms with van der Waals surface area (Å²) < 4.78 is 10.6. The largest absolute Gasteiger partial charge is 0.490 e. The molecule has 0 aliphatic rings. The van der Waals surface area contributed by atoms with Crippen LogP contribution in [-0.4, -0.2) is 12.6 Å². The van der Waals surface area contributed by atoms with E-state index in [1.54, 1.807) is 13.0 Å². The van der Waals surface area contributed by atoms with Crippen LogP contribution in [0.3, 0.4) is 0 Å². The second-order valence-corrected chi connectivity index (χ2v) is 3.40. The normalized spacial score (nSPS) is 9.94. The standard InChI is InChI=1S/C13H18O3/c1-4-10-7-8-11(16-13(14)5-2)12(9-10)15-6-3/h7-9H,4-6H2,1-3H3. The number of esters is 1. The molecule has 0 aliphatic carbocycles. The molecule has 0 N–H and O–H groups in total. The molecule has 0 heterocycles. The Morgan fingerprint density at radius 3 is 2.50 bits per heavy atom. The Morgan fingerprint density at radius 2 is 1.94 bits per heavy atom. The van der Waals surface area contributed by atoms with Crippen molar-refractivity contribution in [2.45, 2.75) is 33.6 Å². The molecule has 0 unspecified atom stereocenters. The summed E-state index contributed by atoms with van der Waals surface area (Å²) in [6.45, 7) is 6.31. The van der Waals surface area contributed by atoms with Crippen molar-refractivity contribution < 1.29 is 14.3 Å². The average molecular weight is 222 g/mol. The number of rotatable bonds is 5. The number of ether oxygens (including phenoxy) is 2. The van der Waals surface area contributed by atoms with Crippen LogP contribution >= 0.6 is 0 Å². The first-order valence-corrected chi connectivity index (χ1v) is 5.67. The van der Waals surface area contributed by atoms with Gasteiger partial charge in [-0.05, 0) is 31.0 Å². The SMILES string of the molecule is CCOc1cc(CC)ccc1OC(=O)CC. The lowest BCUT2D eigenvalue weighted by Gasteiger charge is -2.11. The molecular weight excluding hydrogens is 204 g/mol. The topological polar surface area (TPSA) is 35.5 Å². The summed E-state index contributed by atoms with van der Waals surface area (Å²) in [7, 11) is 0. The zero-order valence-corrected chi connectivity index (χ0v) is 10.1. The zero-order chi connectivity index (χ0) is 12.0. The minimum atomic E-state index is -0.245. The minimum Gasteiger partial charge on any atom is -0.490 e. The summed E-state index contributed by atoms with van der Waals surface area (Å²) in [5, 5.41) is 0. The molecule has 1 aromatic carbocycles. The predicted molar refractivity (Wildman–Crippen MR) is 62.9 cm³/mol. The van der Waals surface area contributed by atoms with Crippen molar-refractivity contribution in [1.82, 2.24) is 0 Å². The molecule has 3 heteroatoms. The lowest BCUT2D eigenvalue weighted by atomic mass is 10.1. The fourth-order valence-electron chi connectivity index (χ4n) is 1.32. The van der Waals surface area contributed by atoms with Crippen molar-refractivity contribution in [2.24, 2.45) is 0 Å². The molecular formula is C13H18O3. The van der Waals surface area contributed by atoms with E-state index in [0.717, 1.165) is 6.42 Å². The van der Waals surface area contributed by atoms with E-state index in [-0.39, 0.29) is 5.97 Å². The Labute approximate surface area is 96.4 Å². The lowest BCUT2D eigenvalue weighted by molar-refractivity contribution is -0.134. The predicted octanol–water partition coefficient (Wildman–Crippen LogP) is 2.96. The van der Waals surface area contributed by atoms with Gasteiger partial charge in [-0.2, -0.15) is 0 Å². The van der Waals surface area contributed by atoms with E-state index in [1.165, 1.54) is 5.56 Å². The first-order chi connectivity index (χ1) is 7.71. The fraction of sp³-hybridized carbons (Fsp3) is 0.462. The van der Waals surface area contributed by atoms with E-state index in [9.17, 15) is 4.79 Å². The van der Waals surface area contributed by atoms with E-state index in [4.69, 9.17) is 9.47 Å². The molecule has 0 atom stereocenters. The molecule has 16 heavy (non-hydrogen) atoms. The van der Waals surface area contributed by atoms with Gasteiger partial charge in [-0.25, -0.2) is 0 Å². The van der Waals surface area contributed by atoms with Gasteiger partial charge in [0.2, 0.25) is 0 Å². The summed E-state index contributed by atoms with van der Waals surface area (Å²) in [5.74, 6) is 0.903. The Hall–Kier alpha value is -1.51. The van der Waals surface area contributed by atoms with Crippen molar-refractivity contribution in [1.29, 1.82) is 0 Å². The second kappa shape index (κ2) is 6.16. The molecule has 3 nitrogen and oxygen atoms in total. The third-order valence-electron chi connectivity index (χ3n) is 2.23. The van der Waals surface area contributed by atoms with E-state index in [2.05, 4.69) is 6.92 Å². The number of hydrogen-bond donors (Lipinski definition) is 0. The average Bonchev–Trinajstić information content (AvgIpc) is 2.31. The van der Waals surface area contributed by atoms with Gasteiger partial charge in [0, 0.05) is 6.42 Å². The first kappa shape index (κ1) is 12.6. The van der Waals surface area contributed by atoms with Crippen LogP contribution in [0.5, 0.6) is 11.5 Å². The quantitative estimate of drug-likeness (QED) is 0.567. The zero-order valence-electron chi connectivity index (χ0n) is 10.1. The summed E-state index contributed by atoms with van der Waals surface area (Å²) in [6.07, 6.45) is 1.29. The molecule has 0 saturated carbocycles. The first-order valence-electron chi connectivity index (χ1n) is 5.67. The highest BCUT2D eigenvalue weighted by Crippen LogP contribution is 2.29. The third-order valence-corrected chi connectivity index (χ3v) is 2.23. The highest BCUT2D eigenvalue weighted by atomic mass is 16.6. The third kappa shape index (κ3) is 3.26. The number of carbonyl (C=O) groups excluding carboxylic acids is 1. The molecule has 0 fully saturated rings.